The minimum atomic E-state index is -0.510. The van der Waals surface area contributed by atoms with Gasteiger partial charge in [-0.05, 0) is 56.9 Å². The Bertz CT molecular complexity index is 977. The van der Waals surface area contributed by atoms with Crippen LogP contribution in [0.3, 0.4) is 0 Å². The number of nitrogens with zero attached hydrogens (tertiary/aromatic N) is 3. The van der Waals surface area contributed by atoms with E-state index < -0.39 is 5.91 Å². The molecule has 0 radical (unpaired) electrons. The average molecular weight is 324 g/mol. The number of primary amides is 1. The third-order valence-electron chi connectivity index (χ3n) is 4.50. The van der Waals surface area contributed by atoms with Gasteiger partial charge in [0.05, 0.1) is 16.9 Å². The highest BCUT2D eigenvalue weighted by Gasteiger charge is 2.25. The van der Waals surface area contributed by atoms with Gasteiger partial charge in [-0.25, -0.2) is 9.07 Å². The molecule has 0 atom stereocenters. The third kappa shape index (κ3) is 2.26. The third-order valence-corrected chi connectivity index (χ3v) is 4.50. The van der Waals surface area contributed by atoms with Gasteiger partial charge in [0, 0.05) is 16.6 Å². The van der Waals surface area contributed by atoms with Crippen LogP contribution in [0, 0.1) is 12.7 Å². The van der Waals surface area contributed by atoms with E-state index in [0.29, 0.717) is 22.3 Å². The van der Waals surface area contributed by atoms with Gasteiger partial charge in [-0.1, -0.05) is 0 Å². The van der Waals surface area contributed by atoms with Gasteiger partial charge in [0.1, 0.15) is 11.5 Å². The summed E-state index contributed by atoms with van der Waals surface area (Å²) in [5, 5.41) is 5.24. The van der Waals surface area contributed by atoms with Gasteiger partial charge in [-0.3, -0.25) is 9.78 Å². The number of carbonyl (C=O) groups excluding carboxylic acids is 1. The average Bonchev–Trinajstić information content (AvgIpc) is 2.94. The molecule has 24 heavy (non-hydrogen) atoms. The molecular weight excluding hydrogens is 307 g/mol. The van der Waals surface area contributed by atoms with Crippen molar-refractivity contribution in [3.05, 3.63) is 52.7 Å². The Labute approximate surface area is 138 Å². The molecule has 122 valence electrons. The first-order valence-corrected chi connectivity index (χ1v) is 8.02. The predicted molar refractivity (Wildman–Crippen MR) is 88.7 cm³/mol. The Kier molecular flexibility index (Phi) is 3.33. The Hall–Kier alpha value is -2.76. The summed E-state index contributed by atoms with van der Waals surface area (Å²) >= 11 is 0. The summed E-state index contributed by atoms with van der Waals surface area (Å²) < 4.78 is 15.3. The standard InChI is InChI=1S/C18H17FN4O/c1-10-8-16(13-9-11(19)6-7-14(13)21-10)23-17(18(20)24)12-4-2-3-5-15(12)22-23/h6-9H,2-5H2,1H3,(H2,20,24). The van der Waals surface area contributed by atoms with E-state index >= 15 is 0 Å². The summed E-state index contributed by atoms with van der Waals surface area (Å²) in [5.74, 6) is -0.864. The van der Waals surface area contributed by atoms with Gasteiger partial charge in [-0.2, -0.15) is 5.10 Å². The Morgan fingerprint density at radius 1 is 1.25 bits per heavy atom. The number of rotatable bonds is 2. The molecule has 4 rings (SSSR count). The number of carbonyl (C=O) groups is 1. The molecule has 0 spiro atoms. The minimum Gasteiger partial charge on any atom is -0.364 e. The molecule has 0 aliphatic heterocycles. The molecule has 0 saturated carbocycles. The molecule has 2 aromatic heterocycles. The van der Waals surface area contributed by atoms with E-state index in [-0.39, 0.29) is 5.82 Å². The van der Waals surface area contributed by atoms with Crippen LogP contribution in [0.1, 0.15) is 40.3 Å². The number of benzene rings is 1. The molecule has 1 aromatic carbocycles. The number of hydrogen-bond donors (Lipinski definition) is 1. The summed E-state index contributed by atoms with van der Waals surface area (Å²) in [4.78, 5) is 16.5. The molecule has 0 bridgehead atoms. The fourth-order valence-corrected chi connectivity index (χ4v) is 3.46. The fraction of sp³-hybridized carbons (Fsp3) is 0.278. The van der Waals surface area contributed by atoms with Gasteiger partial charge < -0.3 is 5.73 Å². The van der Waals surface area contributed by atoms with Crippen LogP contribution in [-0.2, 0) is 12.8 Å². The largest absolute Gasteiger partial charge is 0.364 e. The lowest BCUT2D eigenvalue weighted by molar-refractivity contribution is 0.0992. The van der Waals surface area contributed by atoms with E-state index in [2.05, 4.69) is 10.1 Å². The van der Waals surface area contributed by atoms with Crippen LogP contribution in [0.2, 0.25) is 0 Å². The second kappa shape index (κ2) is 5.40. The van der Waals surface area contributed by atoms with Crippen molar-refractivity contribution in [3.63, 3.8) is 0 Å². The number of halogens is 1. The van der Waals surface area contributed by atoms with Crippen LogP contribution < -0.4 is 5.73 Å². The van der Waals surface area contributed by atoms with Crippen molar-refractivity contribution >= 4 is 16.8 Å². The van der Waals surface area contributed by atoms with Crippen molar-refractivity contribution in [2.75, 3.05) is 0 Å². The number of aromatic nitrogens is 3. The SMILES string of the molecule is Cc1cc(-n2nc3c(c2C(N)=O)CCCC3)c2cc(F)ccc2n1. The second-order valence-electron chi connectivity index (χ2n) is 6.20. The first-order chi connectivity index (χ1) is 11.5. The highest BCUT2D eigenvalue weighted by Crippen LogP contribution is 2.29. The number of fused-ring (bicyclic) bond motifs is 2. The normalized spacial score (nSPS) is 13.9. The maximum atomic E-state index is 13.8. The van der Waals surface area contributed by atoms with E-state index in [4.69, 9.17) is 5.73 Å². The van der Waals surface area contributed by atoms with Crippen molar-refractivity contribution < 1.29 is 9.18 Å². The van der Waals surface area contributed by atoms with Gasteiger partial charge in [0.2, 0.25) is 0 Å². The summed E-state index contributed by atoms with van der Waals surface area (Å²) in [6, 6.07) is 6.24. The zero-order chi connectivity index (χ0) is 16.8. The van der Waals surface area contributed by atoms with Crippen LogP contribution in [0.5, 0.6) is 0 Å². The van der Waals surface area contributed by atoms with Crippen LogP contribution in [0.15, 0.2) is 24.3 Å². The lowest BCUT2D eigenvalue weighted by atomic mass is 9.95. The molecule has 2 heterocycles. The highest BCUT2D eigenvalue weighted by atomic mass is 19.1. The van der Waals surface area contributed by atoms with Crippen LogP contribution in [0.25, 0.3) is 16.6 Å². The second-order valence-corrected chi connectivity index (χ2v) is 6.20. The van der Waals surface area contributed by atoms with Gasteiger partial charge in [0.25, 0.3) is 5.91 Å². The Balaban J connectivity index is 2.06. The molecule has 0 unspecified atom stereocenters. The van der Waals surface area contributed by atoms with E-state index in [9.17, 15) is 9.18 Å². The molecule has 0 saturated heterocycles. The number of amides is 1. The predicted octanol–water partition coefficient (Wildman–Crippen LogP) is 2.85. The molecule has 1 aliphatic carbocycles. The summed E-state index contributed by atoms with van der Waals surface area (Å²) in [6.07, 6.45) is 3.69. The summed E-state index contributed by atoms with van der Waals surface area (Å²) in [5.41, 5.74) is 9.95. The quantitative estimate of drug-likeness (QED) is 0.787. The van der Waals surface area contributed by atoms with Crippen molar-refractivity contribution in [2.24, 2.45) is 5.73 Å². The lowest BCUT2D eigenvalue weighted by Crippen LogP contribution is -2.19. The van der Waals surface area contributed by atoms with Gasteiger partial charge in [0.15, 0.2) is 0 Å². The van der Waals surface area contributed by atoms with E-state index in [1.807, 2.05) is 13.0 Å². The van der Waals surface area contributed by atoms with Crippen LogP contribution in [-0.4, -0.2) is 20.7 Å². The number of aryl methyl sites for hydroxylation is 2. The fourth-order valence-electron chi connectivity index (χ4n) is 3.46. The lowest BCUT2D eigenvalue weighted by Gasteiger charge is -2.11. The van der Waals surface area contributed by atoms with Crippen molar-refractivity contribution in [3.8, 4) is 5.69 Å². The van der Waals surface area contributed by atoms with Crippen LogP contribution >= 0.6 is 0 Å². The first kappa shape index (κ1) is 14.8. The van der Waals surface area contributed by atoms with Crippen molar-refractivity contribution in [2.45, 2.75) is 32.6 Å². The molecular formula is C18H17FN4O. The van der Waals surface area contributed by atoms with Crippen molar-refractivity contribution in [1.29, 1.82) is 0 Å². The number of nitrogens with two attached hydrogens (primary N) is 1. The van der Waals surface area contributed by atoms with Crippen molar-refractivity contribution in [1.82, 2.24) is 14.8 Å². The van der Waals surface area contributed by atoms with Gasteiger partial charge in [-0.15, -0.1) is 0 Å². The monoisotopic (exact) mass is 324 g/mol. The maximum absolute atomic E-state index is 13.8. The zero-order valence-corrected chi connectivity index (χ0v) is 13.3. The molecule has 6 heteroatoms. The van der Waals surface area contributed by atoms with E-state index in [1.165, 1.54) is 12.1 Å². The minimum absolute atomic E-state index is 0.355. The van der Waals surface area contributed by atoms with E-state index in [1.54, 1.807) is 10.7 Å². The zero-order valence-electron chi connectivity index (χ0n) is 13.3. The summed E-state index contributed by atoms with van der Waals surface area (Å²) in [7, 11) is 0. The number of pyridine rings is 1. The molecule has 0 fully saturated rings. The summed E-state index contributed by atoms with van der Waals surface area (Å²) in [6.45, 7) is 1.86. The first-order valence-electron chi connectivity index (χ1n) is 8.02. The molecule has 2 N–H and O–H groups in total. The molecule has 5 nitrogen and oxygen atoms in total. The Morgan fingerprint density at radius 3 is 2.83 bits per heavy atom. The smallest absolute Gasteiger partial charge is 0.267 e. The topological polar surface area (TPSA) is 73.8 Å². The molecule has 1 amide bonds. The molecule has 1 aliphatic rings. The maximum Gasteiger partial charge on any atom is 0.267 e. The number of hydrogen-bond acceptors (Lipinski definition) is 3. The van der Waals surface area contributed by atoms with Gasteiger partial charge >= 0.3 is 0 Å². The van der Waals surface area contributed by atoms with E-state index in [0.717, 1.165) is 42.6 Å². The highest BCUT2D eigenvalue weighted by molar-refractivity contribution is 5.95. The molecule has 3 aromatic rings. The van der Waals surface area contributed by atoms with Crippen LogP contribution in [0.4, 0.5) is 4.39 Å². The Morgan fingerprint density at radius 2 is 2.04 bits per heavy atom.